The van der Waals surface area contributed by atoms with E-state index in [2.05, 4.69) is 187 Å². The van der Waals surface area contributed by atoms with Gasteiger partial charge in [0.15, 0.2) is 5.78 Å². The van der Waals surface area contributed by atoms with Crippen molar-refractivity contribution in [3.05, 3.63) is 179 Å². The number of Topliss-reactive ketones (excluding diaryl/α,β-unsaturated/α-hetero) is 1. The molecule has 0 amide bonds. The van der Waals surface area contributed by atoms with Gasteiger partial charge in [0.05, 0.1) is 6.10 Å². The van der Waals surface area contributed by atoms with E-state index in [9.17, 15) is 36.3 Å². The maximum absolute atomic E-state index is 12.8. The first-order chi connectivity index (χ1) is 60.4. The average molecular weight is 1750 g/mol. The van der Waals surface area contributed by atoms with Gasteiger partial charge >= 0.3 is 15.6 Å². The molecular weight excluding hydrogens is 1600 g/mol. The number of alkyl halides is 3. The molecule has 686 valence electrons. The second kappa shape index (κ2) is 33.2. The SMILES string of the molecule is C[C@H]1CC[C@@]2(C)C(=CCC3C2CC[C@]2(C)C(=O)CCC32)C1.C[C@H]1CC[C@@]2(C)C(=CCC3C2CC[C@]2(C)C(OS(=O)(=O)C(F)(F)F)=CCC32)C1.C[C@H]1CC[C@@]2(C)C(=CCC3C2CC[C@]2(C)C(c4cccnc4)=CCC32)C1.C[C@]12CCC(=O)C=C1CCC1C2CC[C@]2(C)C(c3cccnc3)=CCC12.C[C@]12CC[C@H](O)CC1=CCC1C2CC[C@]2(C)C(c3cccnc3)=CCC12. The van der Waals surface area contributed by atoms with Crippen molar-refractivity contribution in [3.63, 3.8) is 0 Å². The van der Waals surface area contributed by atoms with Crippen LogP contribution < -0.4 is 0 Å². The lowest BCUT2D eigenvalue weighted by Gasteiger charge is -2.58. The van der Waals surface area contributed by atoms with Crippen molar-refractivity contribution in [1.29, 1.82) is 0 Å². The highest BCUT2D eigenvalue weighted by atomic mass is 32.2. The second-order valence-electron chi connectivity index (χ2n) is 48.3. The molecule has 127 heavy (non-hydrogen) atoms. The first-order valence-corrected chi connectivity index (χ1v) is 52.6. The van der Waals surface area contributed by atoms with E-state index in [4.69, 9.17) is 0 Å². The van der Waals surface area contributed by atoms with Gasteiger partial charge < -0.3 is 9.29 Å². The number of carbonyl (C=O) groups is 2. The molecule has 0 aliphatic heterocycles. The Bertz CT molecular complexity index is 5000. The van der Waals surface area contributed by atoms with E-state index >= 15 is 0 Å². The number of aliphatic hydroxyl groups excluding tert-OH is 1. The molecule has 11 fully saturated rings. The number of aliphatic hydroxyl groups is 1. The lowest BCUT2D eigenvalue weighted by atomic mass is 9.46. The monoisotopic (exact) mass is 1750 g/mol. The topological polar surface area (TPSA) is 136 Å². The zero-order valence-electron chi connectivity index (χ0n) is 79.4. The van der Waals surface area contributed by atoms with Crippen LogP contribution in [0.15, 0.2) is 162 Å². The van der Waals surface area contributed by atoms with Gasteiger partial charge in [-0.1, -0.05) is 179 Å². The molecule has 0 bridgehead atoms. The standard InChI is InChI=1S/C25H33N.C24H31NO.C24H29NO.C21H29F3O3S.C20H30O/c1-17-10-12-24(2)19(15-17)6-7-20-22-9-8-21(18-5-4-14-26-16-18)25(22,3)13-11-23(20)24;2*1-23-11-9-18(26)14-17(23)5-6-19-21-8-7-20(16-4-3-13-25-15-16)24(21,2)12-10-22(19)23;1-13-8-10-19(2)14(12-13)4-5-15-16-6-7-18(20(16,3)11-9-17(15)19)27-28(25,26)21(22,23)24;1-13-8-10-19(2)14(12-13)4-5-15-16-6-7-18(21)20(16,3)11-9-17(15)19/h4-6,8,14,16-17,20,22-23H,7,9-13,15H2,1-3H3;3-5,7,13,15,18-19,21-22,26H,6,8-12,14H2,1-2H3;3-4,7,13-15,19,21-22H,5-6,8-12H2,1-2H3;4,7,13,15-17H,5-6,8-12H2,1-3H3;4,13,15-17H,5-12H2,1-3H3/t17-,20?,22?,23?,24-,25+;18-,19?,21?,22?,23-,24+;19?,21?,22?,23-,24+;2*13-,15?,16?,17?,19-,20-/m00000/s1. The van der Waals surface area contributed by atoms with E-state index < -0.39 is 21.0 Å². The molecule has 23 rings (SSSR count). The Hall–Kier alpha value is -6.05. The van der Waals surface area contributed by atoms with Crippen LogP contribution in [0.4, 0.5) is 13.2 Å². The van der Waals surface area contributed by atoms with Crippen LogP contribution in [0.1, 0.15) is 338 Å². The average Bonchev–Trinajstić information content (AvgIpc) is 1.66. The molecule has 20 aliphatic rings. The molecule has 11 saturated carbocycles. The molecule has 0 saturated heterocycles. The summed E-state index contributed by atoms with van der Waals surface area (Å²) in [6, 6.07) is 13.0. The number of aromatic nitrogens is 3. The van der Waals surface area contributed by atoms with Crippen molar-refractivity contribution < 1.29 is 40.5 Å². The second-order valence-corrected chi connectivity index (χ2v) is 49.8. The summed E-state index contributed by atoms with van der Waals surface area (Å²) >= 11 is 0. The normalized spacial score (nSPS) is 45.0. The van der Waals surface area contributed by atoms with Crippen LogP contribution >= 0.6 is 0 Å². The molecule has 3 heterocycles. The third kappa shape index (κ3) is 15.0. The Morgan fingerprint density at radius 1 is 0.354 bits per heavy atom. The highest BCUT2D eigenvalue weighted by molar-refractivity contribution is 7.87. The number of rotatable bonds is 5. The number of halogens is 3. The first-order valence-electron chi connectivity index (χ1n) is 51.2. The van der Waals surface area contributed by atoms with Crippen molar-refractivity contribution >= 4 is 38.4 Å². The molecule has 3 aromatic heterocycles. The third-order valence-electron chi connectivity index (χ3n) is 42.5. The molecule has 0 spiro atoms. The van der Waals surface area contributed by atoms with Gasteiger partial charge in [-0.05, 0) is 432 Å². The lowest BCUT2D eigenvalue weighted by Crippen LogP contribution is -2.50. The molecule has 29 atom stereocenters. The molecule has 15 unspecified atom stereocenters. The number of fused-ring (bicyclic) bond motifs is 25. The minimum atomic E-state index is -5.62. The van der Waals surface area contributed by atoms with Gasteiger partial charge in [0, 0.05) is 60.9 Å². The van der Waals surface area contributed by atoms with E-state index in [0.29, 0.717) is 80.6 Å². The van der Waals surface area contributed by atoms with Gasteiger partial charge in [-0.25, -0.2) is 0 Å². The van der Waals surface area contributed by atoms with Crippen molar-refractivity contribution in [2.24, 2.45) is 161 Å². The van der Waals surface area contributed by atoms with E-state index in [1.165, 1.54) is 176 Å². The predicted molar refractivity (Wildman–Crippen MR) is 504 cm³/mol. The largest absolute Gasteiger partial charge is 0.534 e. The third-order valence-corrected chi connectivity index (χ3v) is 43.4. The van der Waals surface area contributed by atoms with E-state index in [1.54, 1.807) is 39.5 Å². The van der Waals surface area contributed by atoms with Crippen LogP contribution in [0.25, 0.3) is 16.7 Å². The minimum Gasteiger partial charge on any atom is -0.393 e. The Morgan fingerprint density at radius 3 is 1.10 bits per heavy atom. The molecule has 3 aromatic rings. The summed E-state index contributed by atoms with van der Waals surface area (Å²) in [5.41, 5.74) is 13.6. The zero-order valence-corrected chi connectivity index (χ0v) is 80.2. The van der Waals surface area contributed by atoms with E-state index in [1.807, 2.05) is 49.6 Å². The highest BCUT2D eigenvalue weighted by Gasteiger charge is 2.65. The molecule has 20 aliphatic carbocycles. The number of allylic oxidation sites excluding steroid dienone is 17. The zero-order chi connectivity index (χ0) is 89.2. The van der Waals surface area contributed by atoms with Crippen LogP contribution in [-0.2, 0) is 23.9 Å². The summed E-state index contributed by atoms with van der Waals surface area (Å²) in [5, 5.41) is 10.2. The molecule has 0 radical (unpaired) electrons. The smallest absolute Gasteiger partial charge is 0.393 e. The van der Waals surface area contributed by atoms with Crippen molar-refractivity contribution in [3.8, 4) is 0 Å². The van der Waals surface area contributed by atoms with Gasteiger partial charge in [0.25, 0.3) is 0 Å². The van der Waals surface area contributed by atoms with Gasteiger partial charge in [-0.3, -0.25) is 24.5 Å². The fourth-order valence-corrected chi connectivity index (χ4v) is 35.5. The molecule has 9 nitrogen and oxygen atoms in total. The quantitative estimate of drug-likeness (QED) is 0.150. The summed E-state index contributed by atoms with van der Waals surface area (Å²) in [5.74, 6) is 14.1. The van der Waals surface area contributed by atoms with Crippen LogP contribution in [0.2, 0.25) is 0 Å². The van der Waals surface area contributed by atoms with E-state index in [0.717, 1.165) is 141 Å². The number of hydrogen-bond donors (Lipinski definition) is 1. The number of ketones is 2. The number of pyridine rings is 3. The summed E-state index contributed by atoms with van der Waals surface area (Å²) in [4.78, 5) is 37.5. The van der Waals surface area contributed by atoms with Crippen LogP contribution in [0, 0.1) is 161 Å². The minimum absolute atomic E-state index is 0.00507. The lowest BCUT2D eigenvalue weighted by molar-refractivity contribution is -0.131. The Labute approximate surface area is 761 Å². The maximum atomic E-state index is 12.8. The number of nitrogens with zero attached hydrogens (tertiary/aromatic N) is 3. The number of hydrogen-bond acceptors (Lipinski definition) is 9. The summed E-state index contributed by atoms with van der Waals surface area (Å²) < 4.78 is 66.3. The maximum Gasteiger partial charge on any atom is 0.534 e. The van der Waals surface area contributed by atoms with Crippen LogP contribution in [-0.4, -0.2) is 51.7 Å². The summed E-state index contributed by atoms with van der Waals surface area (Å²) in [6.45, 7) is 31.5. The summed E-state index contributed by atoms with van der Waals surface area (Å²) in [6.07, 6.45) is 75.4. The van der Waals surface area contributed by atoms with Crippen molar-refractivity contribution in [2.75, 3.05) is 0 Å². The van der Waals surface area contributed by atoms with Gasteiger partial charge in [-0.15, -0.1) is 0 Å². The molecule has 0 aromatic carbocycles. The van der Waals surface area contributed by atoms with Crippen LogP contribution in [0.3, 0.4) is 0 Å². The van der Waals surface area contributed by atoms with Crippen molar-refractivity contribution in [1.82, 2.24) is 15.0 Å². The first kappa shape index (κ1) is 90.1. The highest BCUT2D eigenvalue weighted by Crippen LogP contribution is 2.73. The molecular formula is C114H152F3N3O6S. The predicted octanol–water partition coefficient (Wildman–Crippen LogP) is 28.8. The Balaban J connectivity index is 0.000000104. The Kier molecular flexibility index (Phi) is 23.6. The molecule has 13 heteroatoms. The fourth-order valence-electron chi connectivity index (χ4n) is 34.9. The van der Waals surface area contributed by atoms with Crippen molar-refractivity contribution in [2.45, 2.75) is 333 Å². The van der Waals surface area contributed by atoms with Gasteiger partial charge in [0.2, 0.25) is 0 Å². The van der Waals surface area contributed by atoms with E-state index in [-0.39, 0.29) is 34.0 Å². The van der Waals surface area contributed by atoms with Gasteiger partial charge in [0.1, 0.15) is 11.5 Å². The van der Waals surface area contributed by atoms with Gasteiger partial charge in [-0.2, -0.15) is 21.6 Å². The Morgan fingerprint density at radius 2 is 0.693 bits per heavy atom. The number of carbonyl (C=O) groups excluding carboxylic acids is 2. The molecule has 1 N–H and O–H groups in total. The van der Waals surface area contributed by atoms with Crippen LogP contribution in [0.5, 0.6) is 0 Å². The summed E-state index contributed by atoms with van der Waals surface area (Å²) in [7, 11) is -5.62. The fraction of sp³-hybridized carbons (Fsp3) is 0.693.